The summed E-state index contributed by atoms with van der Waals surface area (Å²) in [5, 5.41) is 3.73. The zero-order valence-electron chi connectivity index (χ0n) is 11.7. The molecular weight excluding hydrogens is 286 g/mol. The van der Waals surface area contributed by atoms with Gasteiger partial charge in [-0.2, -0.15) is 0 Å². The second-order valence-corrected chi connectivity index (χ2v) is 7.44. The molecule has 1 aliphatic rings. The van der Waals surface area contributed by atoms with E-state index in [2.05, 4.69) is 66.3 Å². The lowest BCUT2D eigenvalue weighted by atomic mass is 9.70. The van der Waals surface area contributed by atoms with Gasteiger partial charge in [0.05, 0.1) is 0 Å². The van der Waals surface area contributed by atoms with Gasteiger partial charge in [0.15, 0.2) is 0 Å². The Labute approximate surface area is 119 Å². The van der Waals surface area contributed by atoms with Gasteiger partial charge in [-0.25, -0.2) is 0 Å². The van der Waals surface area contributed by atoms with Crippen LogP contribution in [0.1, 0.15) is 45.6 Å². The molecule has 0 spiro atoms. The van der Waals surface area contributed by atoms with Crippen LogP contribution in [0.25, 0.3) is 0 Å². The van der Waals surface area contributed by atoms with E-state index in [4.69, 9.17) is 0 Å². The fraction of sp³-hybridized carbons (Fsp3) is 0.625. The molecule has 1 fully saturated rings. The highest BCUT2D eigenvalue weighted by atomic mass is 79.9. The van der Waals surface area contributed by atoms with Crippen LogP contribution < -0.4 is 5.32 Å². The predicted octanol–water partition coefficient (Wildman–Crippen LogP) is 4.75. The molecule has 18 heavy (non-hydrogen) atoms. The van der Waals surface area contributed by atoms with Crippen molar-refractivity contribution in [3.63, 3.8) is 0 Å². The van der Waals surface area contributed by atoms with Gasteiger partial charge < -0.3 is 5.32 Å². The molecule has 1 aromatic rings. The van der Waals surface area contributed by atoms with Crippen molar-refractivity contribution in [2.75, 3.05) is 0 Å². The maximum absolute atomic E-state index is 3.73. The van der Waals surface area contributed by atoms with E-state index in [0.717, 1.165) is 12.5 Å². The largest absolute Gasteiger partial charge is 0.310 e. The molecule has 2 atom stereocenters. The molecule has 0 radical (unpaired) electrons. The summed E-state index contributed by atoms with van der Waals surface area (Å²) in [7, 11) is 0. The average molecular weight is 310 g/mol. The number of nitrogens with one attached hydrogen (secondary N) is 1. The number of hydrogen-bond acceptors (Lipinski definition) is 1. The molecule has 0 aliphatic heterocycles. The third-order valence-corrected chi connectivity index (χ3v) is 4.70. The van der Waals surface area contributed by atoms with Gasteiger partial charge in [0, 0.05) is 17.1 Å². The zero-order chi connectivity index (χ0) is 13.2. The summed E-state index contributed by atoms with van der Waals surface area (Å²) in [6.07, 6.45) is 3.97. The molecule has 0 bridgehead atoms. The topological polar surface area (TPSA) is 12.0 Å². The van der Waals surface area contributed by atoms with E-state index in [1.54, 1.807) is 0 Å². The van der Waals surface area contributed by atoms with Crippen molar-refractivity contribution in [2.45, 2.75) is 52.6 Å². The highest BCUT2D eigenvalue weighted by Crippen LogP contribution is 2.38. The maximum Gasteiger partial charge on any atom is 0.0220 e. The van der Waals surface area contributed by atoms with E-state index in [9.17, 15) is 0 Å². The van der Waals surface area contributed by atoms with Gasteiger partial charge in [0.2, 0.25) is 0 Å². The molecule has 2 rings (SSSR count). The molecule has 1 aromatic carbocycles. The van der Waals surface area contributed by atoms with Gasteiger partial charge in [-0.3, -0.25) is 0 Å². The summed E-state index contributed by atoms with van der Waals surface area (Å²) in [5.41, 5.74) is 1.84. The predicted molar refractivity (Wildman–Crippen MR) is 81.6 cm³/mol. The summed E-state index contributed by atoms with van der Waals surface area (Å²) >= 11 is 3.62. The summed E-state index contributed by atoms with van der Waals surface area (Å²) < 4.78 is 1.21. The lowest BCUT2D eigenvalue weighted by Crippen LogP contribution is -2.39. The monoisotopic (exact) mass is 309 g/mol. The van der Waals surface area contributed by atoms with Gasteiger partial charge in [-0.15, -0.1) is 0 Å². The quantitative estimate of drug-likeness (QED) is 0.849. The van der Waals surface area contributed by atoms with Crippen molar-refractivity contribution < 1.29 is 0 Å². The van der Waals surface area contributed by atoms with E-state index >= 15 is 0 Å². The lowest BCUT2D eigenvalue weighted by molar-refractivity contribution is 0.151. The van der Waals surface area contributed by atoms with Gasteiger partial charge in [-0.05, 0) is 42.2 Å². The molecule has 1 saturated carbocycles. The van der Waals surface area contributed by atoms with Crippen LogP contribution in [0.15, 0.2) is 28.7 Å². The Balaban J connectivity index is 1.92. The van der Waals surface area contributed by atoms with Gasteiger partial charge in [-0.1, -0.05) is 54.9 Å². The fourth-order valence-corrected chi connectivity index (χ4v) is 3.82. The number of hydrogen-bond donors (Lipinski definition) is 1. The van der Waals surface area contributed by atoms with E-state index in [1.165, 1.54) is 29.3 Å². The zero-order valence-corrected chi connectivity index (χ0v) is 13.3. The minimum atomic E-state index is 0.489. The summed E-state index contributed by atoms with van der Waals surface area (Å²) in [6, 6.07) is 9.14. The second-order valence-electron chi connectivity index (χ2n) is 6.58. The molecule has 0 amide bonds. The summed E-state index contributed by atoms with van der Waals surface area (Å²) in [5.74, 6) is 0.838. The van der Waals surface area contributed by atoms with Crippen LogP contribution >= 0.6 is 15.9 Å². The highest BCUT2D eigenvalue weighted by Gasteiger charge is 2.31. The molecule has 0 heterocycles. The Morgan fingerprint density at radius 1 is 1.28 bits per heavy atom. The first kappa shape index (κ1) is 14.1. The summed E-state index contributed by atoms with van der Waals surface area (Å²) in [6.45, 7) is 8.15. The molecule has 0 aromatic heterocycles. The first-order chi connectivity index (χ1) is 8.46. The second kappa shape index (κ2) is 5.75. The molecule has 2 unspecified atom stereocenters. The van der Waals surface area contributed by atoms with E-state index in [1.807, 2.05) is 0 Å². The molecule has 1 N–H and O–H groups in total. The van der Waals surface area contributed by atoms with Crippen LogP contribution in [0.5, 0.6) is 0 Å². The Hall–Kier alpha value is -0.340. The molecule has 0 saturated heterocycles. The first-order valence-electron chi connectivity index (χ1n) is 6.93. The third kappa shape index (κ3) is 3.83. The minimum Gasteiger partial charge on any atom is -0.310 e. The Bertz CT molecular complexity index is 400. The van der Waals surface area contributed by atoms with E-state index < -0.39 is 0 Å². The van der Waals surface area contributed by atoms with Crippen LogP contribution in [0, 0.1) is 11.3 Å². The lowest BCUT2D eigenvalue weighted by Gasteiger charge is -2.39. The molecule has 1 aliphatic carbocycles. The van der Waals surface area contributed by atoms with Crippen LogP contribution in [-0.4, -0.2) is 6.04 Å². The van der Waals surface area contributed by atoms with Crippen molar-refractivity contribution in [1.82, 2.24) is 5.32 Å². The fourth-order valence-electron chi connectivity index (χ4n) is 3.40. The SMILES string of the molecule is CC1CC(NCc2ccccc2Br)CC(C)(C)C1. The van der Waals surface area contributed by atoms with E-state index in [0.29, 0.717) is 11.5 Å². The van der Waals surface area contributed by atoms with Crippen molar-refractivity contribution in [3.05, 3.63) is 34.3 Å². The normalized spacial score (nSPS) is 27.1. The molecule has 2 heteroatoms. The van der Waals surface area contributed by atoms with Gasteiger partial charge >= 0.3 is 0 Å². The number of benzene rings is 1. The molecular formula is C16H24BrN. The van der Waals surface area contributed by atoms with Crippen molar-refractivity contribution in [2.24, 2.45) is 11.3 Å². The van der Waals surface area contributed by atoms with Crippen LogP contribution in [0.4, 0.5) is 0 Å². The van der Waals surface area contributed by atoms with E-state index in [-0.39, 0.29) is 0 Å². The Morgan fingerprint density at radius 3 is 2.67 bits per heavy atom. The molecule has 1 nitrogen and oxygen atoms in total. The van der Waals surface area contributed by atoms with Crippen molar-refractivity contribution in [1.29, 1.82) is 0 Å². The average Bonchev–Trinajstić information content (AvgIpc) is 2.25. The maximum atomic E-state index is 3.73. The number of halogens is 1. The van der Waals surface area contributed by atoms with Crippen LogP contribution in [0.2, 0.25) is 0 Å². The third-order valence-electron chi connectivity index (χ3n) is 3.93. The van der Waals surface area contributed by atoms with Gasteiger partial charge in [0.25, 0.3) is 0 Å². The van der Waals surface area contributed by atoms with Crippen molar-refractivity contribution >= 4 is 15.9 Å². The minimum absolute atomic E-state index is 0.489. The standard InChI is InChI=1S/C16H24BrN/c1-12-8-14(10-16(2,3)9-12)18-11-13-6-4-5-7-15(13)17/h4-7,12,14,18H,8-11H2,1-3H3. The Kier molecular flexibility index (Phi) is 4.50. The smallest absolute Gasteiger partial charge is 0.0220 e. The number of rotatable bonds is 3. The highest BCUT2D eigenvalue weighted by molar-refractivity contribution is 9.10. The molecule has 100 valence electrons. The van der Waals surface area contributed by atoms with Crippen LogP contribution in [0.3, 0.4) is 0 Å². The van der Waals surface area contributed by atoms with Crippen LogP contribution in [-0.2, 0) is 6.54 Å². The summed E-state index contributed by atoms with van der Waals surface area (Å²) in [4.78, 5) is 0. The van der Waals surface area contributed by atoms with Gasteiger partial charge in [0.1, 0.15) is 0 Å². The van der Waals surface area contributed by atoms with Crippen molar-refractivity contribution in [3.8, 4) is 0 Å². The Morgan fingerprint density at radius 2 is 2.00 bits per heavy atom. The first-order valence-corrected chi connectivity index (χ1v) is 7.72.